The highest BCUT2D eigenvalue weighted by Gasteiger charge is 2.07. The first-order valence-electron chi connectivity index (χ1n) is 4.17. The monoisotopic (exact) mass is 272 g/mol. The zero-order valence-corrected chi connectivity index (χ0v) is 9.47. The molecule has 3 nitrogen and oxygen atoms in total. The molecule has 5 heteroatoms. The Morgan fingerprint density at radius 1 is 1.60 bits per heavy atom. The van der Waals surface area contributed by atoms with Crippen LogP contribution in [-0.4, -0.2) is 12.5 Å². The number of hydrogen-bond donors (Lipinski definition) is 2. The van der Waals surface area contributed by atoms with Crippen molar-refractivity contribution in [2.75, 3.05) is 12.3 Å². The van der Waals surface area contributed by atoms with Crippen LogP contribution in [0.1, 0.15) is 10.4 Å². The number of benzene rings is 1. The quantitative estimate of drug-likeness (QED) is 0.828. The van der Waals surface area contributed by atoms with Gasteiger partial charge in [0.2, 0.25) is 0 Å². The van der Waals surface area contributed by atoms with Gasteiger partial charge in [-0.2, -0.15) is 0 Å². The molecule has 1 aromatic rings. The number of nitrogens with two attached hydrogens (primary N) is 1. The van der Waals surface area contributed by atoms with Crippen LogP contribution in [0.3, 0.4) is 0 Å². The molecule has 1 aromatic carbocycles. The van der Waals surface area contributed by atoms with E-state index in [0.29, 0.717) is 11.0 Å². The van der Waals surface area contributed by atoms with Gasteiger partial charge in [-0.05, 0) is 18.2 Å². The van der Waals surface area contributed by atoms with Crippen LogP contribution >= 0.6 is 15.9 Å². The van der Waals surface area contributed by atoms with Crippen LogP contribution in [0.15, 0.2) is 29.3 Å². The first-order chi connectivity index (χ1) is 7.00. The molecule has 15 heavy (non-hydrogen) atoms. The highest BCUT2D eigenvalue weighted by molar-refractivity contribution is 9.11. The first kappa shape index (κ1) is 11.7. The fourth-order valence-electron chi connectivity index (χ4n) is 0.947. The molecule has 1 amide bonds. The maximum atomic E-state index is 13.0. The molecule has 0 saturated heterocycles. The standard InChI is InChI=1S/C10H10BrFN2O/c1-6(11)5-14-10(15)7-2-3-9(13)8(12)4-7/h2-4H,1,5,13H2,(H,14,15). The molecule has 0 atom stereocenters. The molecule has 0 radical (unpaired) electrons. The topological polar surface area (TPSA) is 55.1 Å². The smallest absolute Gasteiger partial charge is 0.251 e. The molecule has 0 aromatic heterocycles. The average Bonchev–Trinajstić information content (AvgIpc) is 2.18. The summed E-state index contributed by atoms with van der Waals surface area (Å²) >= 11 is 3.10. The summed E-state index contributed by atoms with van der Waals surface area (Å²) in [4.78, 5) is 11.4. The molecule has 0 bridgehead atoms. The Morgan fingerprint density at radius 2 is 2.27 bits per heavy atom. The van der Waals surface area contributed by atoms with Gasteiger partial charge in [-0.1, -0.05) is 22.5 Å². The molecule has 80 valence electrons. The highest BCUT2D eigenvalue weighted by atomic mass is 79.9. The van der Waals surface area contributed by atoms with E-state index in [4.69, 9.17) is 5.73 Å². The molecule has 0 heterocycles. The van der Waals surface area contributed by atoms with Gasteiger partial charge in [0.05, 0.1) is 5.69 Å². The summed E-state index contributed by atoms with van der Waals surface area (Å²) in [5, 5.41) is 2.55. The van der Waals surface area contributed by atoms with Gasteiger partial charge in [0.15, 0.2) is 0 Å². The predicted molar refractivity (Wildman–Crippen MR) is 61.2 cm³/mol. The van der Waals surface area contributed by atoms with Crippen molar-refractivity contribution in [1.82, 2.24) is 5.32 Å². The van der Waals surface area contributed by atoms with Gasteiger partial charge in [-0.15, -0.1) is 0 Å². The molecule has 0 fully saturated rings. The van der Waals surface area contributed by atoms with Crippen molar-refractivity contribution in [1.29, 1.82) is 0 Å². The van der Waals surface area contributed by atoms with Gasteiger partial charge in [-0.25, -0.2) is 4.39 Å². The second-order valence-corrected chi connectivity index (χ2v) is 4.06. The van der Waals surface area contributed by atoms with Crippen molar-refractivity contribution in [2.45, 2.75) is 0 Å². The second-order valence-electron chi connectivity index (χ2n) is 2.94. The number of nitrogen functional groups attached to an aromatic ring is 1. The molecular formula is C10H10BrFN2O. The van der Waals surface area contributed by atoms with E-state index in [1.54, 1.807) is 0 Å². The van der Waals surface area contributed by atoms with Crippen molar-refractivity contribution in [2.24, 2.45) is 0 Å². The number of carbonyl (C=O) groups is 1. The Labute approximate surface area is 95.3 Å². The molecule has 0 unspecified atom stereocenters. The lowest BCUT2D eigenvalue weighted by Gasteiger charge is -2.04. The van der Waals surface area contributed by atoms with Gasteiger partial charge >= 0.3 is 0 Å². The van der Waals surface area contributed by atoms with Gasteiger partial charge in [0, 0.05) is 16.6 Å². The minimum atomic E-state index is -0.597. The Kier molecular flexibility index (Phi) is 3.85. The first-order valence-corrected chi connectivity index (χ1v) is 4.96. The van der Waals surface area contributed by atoms with Gasteiger partial charge in [0.1, 0.15) is 5.82 Å². The fourth-order valence-corrected chi connectivity index (χ4v) is 1.09. The van der Waals surface area contributed by atoms with E-state index in [1.165, 1.54) is 12.1 Å². The fraction of sp³-hybridized carbons (Fsp3) is 0.100. The van der Waals surface area contributed by atoms with E-state index in [9.17, 15) is 9.18 Å². The van der Waals surface area contributed by atoms with Crippen LogP contribution < -0.4 is 11.1 Å². The SMILES string of the molecule is C=C(Br)CNC(=O)c1ccc(N)c(F)c1. The lowest BCUT2D eigenvalue weighted by molar-refractivity contribution is 0.0957. The van der Waals surface area contributed by atoms with Gasteiger partial charge in [0.25, 0.3) is 5.91 Å². The summed E-state index contributed by atoms with van der Waals surface area (Å²) in [6.07, 6.45) is 0. The lowest BCUT2D eigenvalue weighted by Crippen LogP contribution is -2.24. The summed E-state index contributed by atoms with van der Waals surface area (Å²) in [7, 11) is 0. The molecule has 0 aliphatic rings. The van der Waals surface area contributed by atoms with Crippen molar-refractivity contribution in [3.05, 3.63) is 40.6 Å². The molecule has 0 aliphatic carbocycles. The number of anilines is 1. The van der Waals surface area contributed by atoms with E-state index in [0.717, 1.165) is 6.07 Å². The summed E-state index contributed by atoms with van der Waals surface area (Å²) in [6.45, 7) is 3.86. The minimum absolute atomic E-state index is 0.0245. The van der Waals surface area contributed by atoms with Crippen molar-refractivity contribution in [3.63, 3.8) is 0 Å². The van der Waals surface area contributed by atoms with Crippen molar-refractivity contribution < 1.29 is 9.18 Å². The Bertz CT molecular complexity index is 406. The second kappa shape index (κ2) is 4.93. The maximum Gasteiger partial charge on any atom is 0.251 e. The number of halogens is 2. The van der Waals surface area contributed by atoms with Gasteiger partial charge < -0.3 is 11.1 Å². The predicted octanol–water partition coefficient (Wildman–Crippen LogP) is 2.05. The van der Waals surface area contributed by atoms with E-state index >= 15 is 0 Å². The van der Waals surface area contributed by atoms with Crippen LogP contribution in [0.4, 0.5) is 10.1 Å². The normalized spacial score (nSPS) is 9.73. The largest absolute Gasteiger partial charge is 0.396 e. The van der Waals surface area contributed by atoms with Crippen molar-refractivity contribution in [3.8, 4) is 0 Å². The lowest BCUT2D eigenvalue weighted by atomic mass is 10.2. The van der Waals surface area contributed by atoms with E-state index in [1.807, 2.05) is 0 Å². The summed E-state index contributed by atoms with van der Waals surface area (Å²) in [6, 6.07) is 3.92. The molecule has 0 spiro atoms. The molecule has 1 rings (SSSR count). The zero-order chi connectivity index (χ0) is 11.4. The summed E-state index contributed by atoms with van der Waals surface area (Å²) in [5.41, 5.74) is 5.54. The molecule has 0 aliphatic heterocycles. The van der Waals surface area contributed by atoms with Crippen molar-refractivity contribution >= 4 is 27.5 Å². The molecule has 3 N–H and O–H groups in total. The zero-order valence-electron chi connectivity index (χ0n) is 7.89. The Morgan fingerprint density at radius 3 is 2.80 bits per heavy atom. The van der Waals surface area contributed by atoms with Crippen LogP contribution in [0.2, 0.25) is 0 Å². The molecule has 0 saturated carbocycles. The summed E-state index contributed by atoms with van der Waals surface area (Å²) < 4.78 is 13.7. The third kappa shape index (κ3) is 3.36. The number of amides is 1. The van der Waals surface area contributed by atoms with Crippen LogP contribution in [-0.2, 0) is 0 Å². The Balaban J connectivity index is 2.74. The average molecular weight is 273 g/mol. The van der Waals surface area contributed by atoms with Gasteiger partial charge in [-0.3, -0.25) is 4.79 Å². The van der Waals surface area contributed by atoms with E-state index in [2.05, 4.69) is 27.8 Å². The number of nitrogens with one attached hydrogen (secondary N) is 1. The minimum Gasteiger partial charge on any atom is -0.396 e. The number of carbonyl (C=O) groups excluding carboxylic acids is 1. The maximum absolute atomic E-state index is 13.0. The third-order valence-electron chi connectivity index (χ3n) is 1.70. The van der Waals surface area contributed by atoms with Crippen LogP contribution in [0.5, 0.6) is 0 Å². The molecular weight excluding hydrogens is 263 g/mol. The highest BCUT2D eigenvalue weighted by Crippen LogP contribution is 2.11. The summed E-state index contributed by atoms with van der Waals surface area (Å²) in [5.74, 6) is -0.963. The van der Waals surface area contributed by atoms with Crippen LogP contribution in [0, 0.1) is 5.82 Å². The van der Waals surface area contributed by atoms with E-state index < -0.39 is 5.82 Å². The number of rotatable bonds is 3. The van der Waals surface area contributed by atoms with E-state index in [-0.39, 0.29) is 17.2 Å². The number of hydrogen-bond acceptors (Lipinski definition) is 2. The third-order valence-corrected chi connectivity index (χ3v) is 1.98. The van der Waals surface area contributed by atoms with Crippen LogP contribution in [0.25, 0.3) is 0 Å². The Hall–Kier alpha value is -1.36.